The average Bonchev–Trinajstić information content (AvgIpc) is 2.18. The summed E-state index contributed by atoms with van der Waals surface area (Å²) in [5.41, 5.74) is 0.799. The molecule has 0 bridgehead atoms. The maximum absolute atomic E-state index is 10.8. The van der Waals surface area contributed by atoms with Crippen LogP contribution in [0.4, 0.5) is 0 Å². The second-order valence-corrected chi connectivity index (χ2v) is 3.63. The van der Waals surface area contributed by atoms with Crippen LogP contribution in [0.5, 0.6) is 0 Å². The lowest BCUT2D eigenvalue weighted by molar-refractivity contribution is -0.515. The van der Waals surface area contributed by atoms with E-state index in [0.717, 1.165) is 31.3 Å². The third-order valence-electron chi connectivity index (χ3n) is 2.45. The fourth-order valence-corrected chi connectivity index (χ4v) is 1.67. The minimum absolute atomic E-state index is 0.145. The number of carbonyl (C=O) groups is 1. The van der Waals surface area contributed by atoms with Crippen molar-refractivity contribution in [2.75, 3.05) is 6.61 Å². The lowest BCUT2D eigenvalue weighted by Crippen LogP contribution is -2.29. The first-order valence-electron chi connectivity index (χ1n) is 5.07. The monoisotopic (exact) mass is 213 g/mol. The fraction of sp³-hybridized carbons (Fsp3) is 0.700. The Labute approximate surface area is 88.3 Å². The Morgan fingerprint density at radius 1 is 1.67 bits per heavy atom. The van der Waals surface area contributed by atoms with Crippen molar-refractivity contribution in [1.82, 2.24) is 0 Å². The summed E-state index contributed by atoms with van der Waals surface area (Å²) in [6.45, 7) is 1.11. The van der Waals surface area contributed by atoms with Crippen molar-refractivity contribution < 1.29 is 14.5 Å². The lowest BCUT2D eigenvalue weighted by atomic mass is 9.94. The number of hydrogen-bond donors (Lipinski definition) is 0. The molecule has 15 heavy (non-hydrogen) atoms. The molecule has 1 rings (SSSR count). The second-order valence-electron chi connectivity index (χ2n) is 3.63. The molecule has 0 fully saturated rings. The highest BCUT2D eigenvalue weighted by Gasteiger charge is 2.27. The SMILES string of the molecule is CC(=O)OCC(C1=CCCCC1)[N+](=O)[O-]. The van der Waals surface area contributed by atoms with E-state index in [0.29, 0.717) is 0 Å². The van der Waals surface area contributed by atoms with Gasteiger partial charge in [-0.1, -0.05) is 6.08 Å². The molecule has 0 aromatic carbocycles. The van der Waals surface area contributed by atoms with Gasteiger partial charge >= 0.3 is 5.97 Å². The highest BCUT2D eigenvalue weighted by molar-refractivity contribution is 5.65. The second kappa shape index (κ2) is 5.48. The molecule has 0 heterocycles. The van der Waals surface area contributed by atoms with E-state index >= 15 is 0 Å². The van der Waals surface area contributed by atoms with Crippen molar-refractivity contribution >= 4 is 5.97 Å². The number of ether oxygens (including phenoxy) is 1. The number of nitro groups is 1. The van der Waals surface area contributed by atoms with Crippen LogP contribution in [0.1, 0.15) is 32.6 Å². The minimum atomic E-state index is -0.853. The van der Waals surface area contributed by atoms with Crippen LogP contribution in [-0.4, -0.2) is 23.5 Å². The van der Waals surface area contributed by atoms with Crippen molar-refractivity contribution in [1.29, 1.82) is 0 Å². The van der Waals surface area contributed by atoms with Gasteiger partial charge in [-0.15, -0.1) is 0 Å². The zero-order valence-electron chi connectivity index (χ0n) is 8.77. The first kappa shape index (κ1) is 11.7. The Bertz CT molecular complexity index is 285. The summed E-state index contributed by atoms with van der Waals surface area (Å²) in [6, 6.07) is -0.853. The molecule has 84 valence electrons. The highest BCUT2D eigenvalue weighted by Crippen LogP contribution is 2.21. The lowest BCUT2D eigenvalue weighted by Gasteiger charge is -2.16. The summed E-state index contributed by atoms with van der Waals surface area (Å²) in [6.07, 6.45) is 5.60. The Hall–Kier alpha value is -1.39. The summed E-state index contributed by atoms with van der Waals surface area (Å²) in [5.74, 6) is -0.474. The third-order valence-corrected chi connectivity index (χ3v) is 2.45. The van der Waals surface area contributed by atoms with E-state index in [1.54, 1.807) is 0 Å². The number of allylic oxidation sites excluding steroid dienone is 1. The molecule has 0 spiro atoms. The fourth-order valence-electron chi connectivity index (χ4n) is 1.67. The van der Waals surface area contributed by atoms with E-state index in [-0.39, 0.29) is 11.5 Å². The molecule has 1 unspecified atom stereocenters. The first-order valence-corrected chi connectivity index (χ1v) is 5.07. The van der Waals surface area contributed by atoms with Gasteiger partial charge in [-0.2, -0.15) is 0 Å². The molecule has 5 nitrogen and oxygen atoms in total. The predicted molar refractivity (Wildman–Crippen MR) is 54.0 cm³/mol. The van der Waals surface area contributed by atoms with Gasteiger partial charge in [0.25, 0.3) is 6.04 Å². The van der Waals surface area contributed by atoms with Crippen molar-refractivity contribution in [2.24, 2.45) is 0 Å². The van der Waals surface area contributed by atoms with Gasteiger partial charge in [0.2, 0.25) is 0 Å². The van der Waals surface area contributed by atoms with Gasteiger partial charge in [0.05, 0.1) is 0 Å². The molecule has 1 aliphatic rings. The number of nitrogens with zero attached hydrogens (tertiary/aromatic N) is 1. The molecule has 0 N–H and O–H groups in total. The maximum atomic E-state index is 10.8. The summed E-state index contributed by atoms with van der Waals surface area (Å²) < 4.78 is 4.70. The van der Waals surface area contributed by atoms with Crippen LogP contribution in [0.15, 0.2) is 11.6 Å². The molecule has 0 aromatic rings. The summed E-state index contributed by atoms with van der Waals surface area (Å²) in [5, 5.41) is 10.8. The largest absolute Gasteiger partial charge is 0.458 e. The van der Waals surface area contributed by atoms with Gasteiger partial charge in [0.1, 0.15) is 0 Å². The van der Waals surface area contributed by atoms with Crippen LogP contribution in [-0.2, 0) is 9.53 Å². The molecule has 0 amide bonds. The van der Waals surface area contributed by atoms with E-state index < -0.39 is 12.0 Å². The Kier molecular flexibility index (Phi) is 4.27. The molecule has 5 heteroatoms. The minimum Gasteiger partial charge on any atom is -0.458 e. The average molecular weight is 213 g/mol. The molecule has 0 radical (unpaired) electrons. The standard InChI is InChI=1S/C10H15NO4/c1-8(12)15-7-10(11(13)14)9-5-3-2-4-6-9/h5,10H,2-4,6-7H2,1H3. The van der Waals surface area contributed by atoms with E-state index in [9.17, 15) is 14.9 Å². The quantitative estimate of drug-likeness (QED) is 0.308. The van der Waals surface area contributed by atoms with Crippen molar-refractivity contribution in [2.45, 2.75) is 38.6 Å². The Morgan fingerprint density at radius 3 is 2.87 bits per heavy atom. The number of rotatable bonds is 4. The van der Waals surface area contributed by atoms with Gasteiger partial charge < -0.3 is 4.74 Å². The van der Waals surface area contributed by atoms with E-state index in [4.69, 9.17) is 4.74 Å². The third kappa shape index (κ3) is 3.69. The van der Waals surface area contributed by atoms with Crippen molar-refractivity contribution in [3.8, 4) is 0 Å². The Morgan fingerprint density at radius 2 is 2.40 bits per heavy atom. The van der Waals surface area contributed by atoms with Gasteiger partial charge in [-0.25, -0.2) is 0 Å². The summed E-state index contributed by atoms with van der Waals surface area (Å²) in [4.78, 5) is 21.0. The van der Waals surface area contributed by atoms with Gasteiger partial charge in [-0.05, 0) is 25.7 Å². The van der Waals surface area contributed by atoms with Gasteiger partial charge in [0.15, 0.2) is 6.61 Å². The van der Waals surface area contributed by atoms with Crippen LogP contribution in [0.2, 0.25) is 0 Å². The zero-order valence-corrected chi connectivity index (χ0v) is 8.77. The topological polar surface area (TPSA) is 69.4 Å². The van der Waals surface area contributed by atoms with E-state index in [1.165, 1.54) is 6.92 Å². The maximum Gasteiger partial charge on any atom is 0.302 e. The van der Waals surface area contributed by atoms with Gasteiger partial charge in [0, 0.05) is 17.4 Å². The summed E-state index contributed by atoms with van der Waals surface area (Å²) in [7, 11) is 0. The van der Waals surface area contributed by atoms with E-state index in [2.05, 4.69) is 0 Å². The van der Waals surface area contributed by atoms with E-state index in [1.807, 2.05) is 6.08 Å². The number of esters is 1. The van der Waals surface area contributed by atoms with Gasteiger partial charge in [-0.3, -0.25) is 14.9 Å². The predicted octanol–water partition coefficient (Wildman–Crippen LogP) is 1.70. The molecule has 0 aliphatic heterocycles. The van der Waals surface area contributed by atoms with Crippen LogP contribution < -0.4 is 0 Å². The molecular formula is C10H15NO4. The zero-order chi connectivity index (χ0) is 11.3. The smallest absolute Gasteiger partial charge is 0.302 e. The van der Waals surface area contributed by atoms with Crippen LogP contribution in [0.25, 0.3) is 0 Å². The van der Waals surface area contributed by atoms with Crippen molar-refractivity contribution in [3.63, 3.8) is 0 Å². The summed E-state index contributed by atoms with van der Waals surface area (Å²) >= 11 is 0. The van der Waals surface area contributed by atoms with Crippen LogP contribution >= 0.6 is 0 Å². The first-order chi connectivity index (χ1) is 7.11. The molecule has 1 aliphatic carbocycles. The van der Waals surface area contributed by atoms with Crippen molar-refractivity contribution in [3.05, 3.63) is 21.8 Å². The van der Waals surface area contributed by atoms with Crippen LogP contribution in [0.3, 0.4) is 0 Å². The molecule has 0 saturated carbocycles. The Balaban J connectivity index is 2.60. The number of hydrogen-bond acceptors (Lipinski definition) is 4. The van der Waals surface area contributed by atoms with Crippen LogP contribution in [0, 0.1) is 10.1 Å². The molecular weight excluding hydrogens is 198 g/mol. The number of carbonyl (C=O) groups excluding carboxylic acids is 1. The molecule has 1 atom stereocenters. The molecule has 0 saturated heterocycles. The normalized spacial score (nSPS) is 17.8. The molecule has 0 aromatic heterocycles. The highest BCUT2D eigenvalue weighted by atomic mass is 16.6.